The van der Waals surface area contributed by atoms with E-state index in [2.05, 4.69) is 10.3 Å². The first-order valence-electron chi connectivity index (χ1n) is 9.01. The van der Waals surface area contributed by atoms with Gasteiger partial charge in [0.25, 0.3) is 5.91 Å². The number of rotatable bonds is 7. The number of benzene rings is 2. The molecule has 3 aromatic rings. The second-order valence-corrected chi connectivity index (χ2v) is 6.36. The molecule has 1 N–H and O–H groups in total. The second-order valence-electron chi connectivity index (χ2n) is 6.36. The van der Waals surface area contributed by atoms with Gasteiger partial charge in [-0.05, 0) is 30.7 Å². The van der Waals surface area contributed by atoms with Crippen LogP contribution in [-0.2, 0) is 20.9 Å². The van der Waals surface area contributed by atoms with Crippen molar-refractivity contribution in [2.45, 2.75) is 13.5 Å². The normalized spacial score (nSPS) is 10.6. The van der Waals surface area contributed by atoms with E-state index < -0.39 is 18.5 Å². The third kappa shape index (κ3) is 4.70. The molecule has 2 aromatic carbocycles. The summed E-state index contributed by atoms with van der Waals surface area (Å²) in [6.45, 7) is 1.57. The smallest absolute Gasteiger partial charge is 0.340 e. The Morgan fingerprint density at radius 3 is 2.62 bits per heavy atom. The highest BCUT2D eigenvalue weighted by molar-refractivity contribution is 6.00. The maximum Gasteiger partial charge on any atom is 0.340 e. The Hall–Kier alpha value is -3.45. The first-order chi connectivity index (χ1) is 14.0. The van der Waals surface area contributed by atoms with Crippen LogP contribution in [0.2, 0.25) is 0 Å². The molecule has 0 bridgehead atoms. The van der Waals surface area contributed by atoms with Gasteiger partial charge in [-0.25, -0.2) is 9.78 Å². The molecular weight excluding hydrogens is 372 g/mol. The molecule has 0 aliphatic heterocycles. The molecule has 29 heavy (non-hydrogen) atoms. The molecule has 0 aliphatic rings. The maximum atomic E-state index is 12.7. The molecule has 1 heterocycles. The van der Waals surface area contributed by atoms with Crippen LogP contribution in [0.25, 0.3) is 10.9 Å². The topological polar surface area (TPSA) is 86.8 Å². The van der Waals surface area contributed by atoms with E-state index in [9.17, 15) is 9.59 Å². The second kappa shape index (κ2) is 9.16. The van der Waals surface area contributed by atoms with E-state index in [-0.39, 0.29) is 6.61 Å². The third-order valence-electron chi connectivity index (χ3n) is 4.40. The van der Waals surface area contributed by atoms with Crippen LogP contribution in [0.1, 0.15) is 21.6 Å². The number of nitrogens with zero attached hydrogens (tertiary/aromatic N) is 1. The molecule has 150 valence electrons. The predicted molar refractivity (Wildman–Crippen MR) is 109 cm³/mol. The lowest BCUT2D eigenvalue weighted by Gasteiger charge is -2.14. The predicted octanol–water partition coefficient (Wildman–Crippen LogP) is 3.49. The lowest BCUT2D eigenvalue weighted by molar-refractivity contribution is -0.119. The fraction of sp³-hybridized carbons (Fsp3) is 0.227. The summed E-state index contributed by atoms with van der Waals surface area (Å²) in [5.74, 6) is -0.457. The zero-order valence-corrected chi connectivity index (χ0v) is 16.5. The van der Waals surface area contributed by atoms with E-state index in [0.717, 1.165) is 16.5 Å². The Kier molecular flexibility index (Phi) is 6.41. The number of fused-ring (bicyclic) bond motifs is 1. The molecule has 0 saturated heterocycles. The minimum absolute atomic E-state index is 0.159. The monoisotopic (exact) mass is 394 g/mol. The van der Waals surface area contributed by atoms with Crippen molar-refractivity contribution in [1.29, 1.82) is 0 Å². The highest BCUT2D eigenvalue weighted by Crippen LogP contribution is 2.24. The largest absolute Gasteiger partial charge is 0.497 e. The molecule has 3 rings (SSSR count). The van der Waals surface area contributed by atoms with Crippen molar-refractivity contribution < 1.29 is 23.8 Å². The van der Waals surface area contributed by atoms with Gasteiger partial charge in [0, 0.05) is 24.2 Å². The molecule has 0 atom stereocenters. The van der Waals surface area contributed by atoms with Gasteiger partial charge in [-0.15, -0.1) is 0 Å². The van der Waals surface area contributed by atoms with E-state index in [0.29, 0.717) is 22.7 Å². The van der Waals surface area contributed by atoms with Crippen LogP contribution in [-0.4, -0.2) is 37.7 Å². The van der Waals surface area contributed by atoms with Crippen LogP contribution in [0.15, 0.2) is 48.5 Å². The van der Waals surface area contributed by atoms with Gasteiger partial charge in [0.15, 0.2) is 6.61 Å². The Bertz CT molecular complexity index is 1050. The lowest BCUT2D eigenvalue weighted by atomic mass is 10.0. The Labute approximate surface area is 168 Å². The van der Waals surface area contributed by atoms with Crippen molar-refractivity contribution >= 4 is 28.5 Å². The fourth-order valence-corrected chi connectivity index (χ4v) is 3.05. The number of carbonyl (C=O) groups excluding carboxylic acids is 2. The van der Waals surface area contributed by atoms with Gasteiger partial charge in [-0.1, -0.05) is 24.3 Å². The number of para-hydroxylation sites is 1. The summed E-state index contributed by atoms with van der Waals surface area (Å²) < 4.78 is 15.6. The average molecular weight is 394 g/mol. The average Bonchev–Trinajstić information content (AvgIpc) is 2.72. The number of carbonyl (C=O) groups is 2. The first kappa shape index (κ1) is 20.3. The summed E-state index contributed by atoms with van der Waals surface area (Å²) in [7, 11) is 3.07. The van der Waals surface area contributed by atoms with Gasteiger partial charge in [0.2, 0.25) is 0 Å². The van der Waals surface area contributed by atoms with E-state index >= 15 is 0 Å². The molecule has 0 radical (unpaired) electrons. The molecule has 7 heteroatoms. The molecule has 1 amide bonds. The zero-order chi connectivity index (χ0) is 20.8. The van der Waals surface area contributed by atoms with Crippen LogP contribution in [0.3, 0.4) is 0 Å². The number of amides is 1. The number of hydrogen-bond donors (Lipinski definition) is 1. The lowest BCUT2D eigenvalue weighted by Crippen LogP contribution is -2.22. The summed E-state index contributed by atoms with van der Waals surface area (Å²) in [5, 5.41) is 3.52. The van der Waals surface area contributed by atoms with Crippen LogP contribution in [0, 0.1) is 6.92 Å². The number of hydrogen-bond acceptors (Lipinski definition) is 6. The third-order valence-corrected chi connectivity index (χ3v) is 4.40. The van der Waals surface area contributed by atoms with Gasteiger partial charge in [-0.3, -0.25) is 4.79 Å². The molecule has 0 aliphatic carbocycles. The number of ether oxygens (including phenoxy) is 3. The summed E-state index contributed by atoms with van der Waals surface area (Å²) in [5.41, 5.74) is 2.85. The number of aryl methyl sites for hydroxylation is 1. The van der Waals surface area contributed by atoms with Crippen molar-refractivity contribution in [2.24, 2.45) is 0 Å². The van der Waals surface area contributed by atoms with Crippen molar-refractivity contribution in [2.75, 3.05) is 26.1 Å². The van der Waals surface area contributed by atoms with Crippen LogP contribution >= 0.6 is 0 Å². The minimum Gasteiger partial charge on any atom is -0.497 e. The molecule has 1 aromatic heterocycles. The number of aromatic nitrogens is 1. The Morgan fingerprint density at radius 1 is 1.07 bits per heavy atom. The van der Waals surface area contributed by atoms with Crippen molar-refractivity contribution in [3.63, 3.8) is 0 Å². The van der Waals surface area contributed by atoms with Gasteiger partial charge in [0.1, 0.15) is 5.75 Å². The van der Waals surface area contributed by atoms with E-state index in [4.69, 9.17) is 14.2 Å². The first-order valence-corrected chi connectivity index (χ1v) is 9.01. The molecule has 7 nitrogen and oxygen atoms in total. The maximum absolute atomic E-state index is 12.7. The Balaban J connectivity index is 1.76. The van der Waals surface area contributed by atoms with Crippen LogP contribution < -0.4 is 10.1 Å². The van der Waals surface area contributed by atoms with Crippen molar-refractivity contribution in [3.8, 4) is 5.75 Å². The van der Waals surface area contributed by atoms with Crippen molar-refractivity contribution in [3.05, 3.63) is 65.4 Å². The van der Waals surface area contributed by atoms with Gasteiger partial charge < -0.3 is 19.5 Å². The molecular formula is C22H22N2O5. The Morgan fingerprint density at radius 2 is 1.86 bits per heavy atom. The van der Waals surface area contributed by atoms with Gasteiger partial charge in [-0.2, -0.15) is 0 Å². The van der Waals surface area contributed by atoms with Gasteiger partial charge >= 0.3 is 5.97 Å². The molecule has 0 spiro atoms. The SMILES string of the molecule is COCc1nc2ccccc2c(C)c1C(=O)OCC(=O)Nc1cccc(OC)c1. The number of esters is 1. The fourth-order valence-electron chi connectivity index (χ4n) is 3.05. The molecule has 0 saturated carbocycles. The highest BCUT2D eigenvalue weighted by Gasteiger charge is 2.21. The standard InChI is InChI=1S/C22H22N2O5/c1-14-17-9-4-5-10-18(17)24-19(12-27-2)21(14)22(26)29-13-20(25)23-15-7-6-8-16(11-15)28-3/h4-11H,12-13H2,1-3H3,(H,23,25). The molecule has 0 unspecified atom stereocenters. The van der Waals surface area contributed by atoms with E-state index in [1.807, 2.05) is 31.2 Å². The number of pyridine rings is 1. The highest BCUT2D eigenvalue weighted by atomic mass is 16.5. The summed E-state index contributed by atoms with van der Waals surface area (Å²) >= 11 is 0. The van der Waals surface area contributed by atoms with Crippen LogP contribution in [0.4, 0.5) is 5.69 Å². The minimum atomic E-state index is -0.617. The van der Waals surface area contributed by atoms with Crippen LogP contribution in [0.5, 0.6) is 5.75 Å². The number of methoxy groups -OCH3 is 2. The number of nitrogens with one attached hydrogen (secondary N) is 1. The zero-order valence-electron chi connectivity index (χ0n) is 16.5. The number of anilines is 1. The van der Waals surface area contributed by atoms with E-state index in [1.165, 1.54) is 7.11 Å². The molecule has 0 fully saturated rings. The van der Waals surface area contributed by atoms with Gasteiger partial charge in [0.05, 0.1) is 30.5 Å². The summed E-state index contributed by atoms with van der Waals surface area (Å²) in [6, 6.07) is 14.4. The summed E-state index contributed by atoms with van der Waals surface area (Å²) in [4.78, 5) is 29.5. The summed E-state index contributed by atoms with van der Waals surface area (Å²) in [6.07, 6.45) is 0. The quantitative estimate of drug-likeness (QED) is 0.617. The van der Waals surface area contributed by atoms with Crippen molar-refractivity contribution in [1.82, 2.24) is 4.98 Å². The van der Waals surface area contributed by atoms with E-state index in [1.54, 1.807) is 31.4 Å².